The number of nitrogens with zero attached hydrogens (tertiary/aromatic N) is 2. The average Bonchev–Trinajstić information content (AvgIpc) is 2.49. The van der Waals surface area contributed by atoms with Gasteiger partial charge in [0.25, 0.3) is 5.69 Å². The van der Waals surface area contributed by atoms with Crippen molar-refractivity contribution in [3.05, 3.63) is 65.0 Å². The number of phenolic OH excluding ortho intramolecular Hbond substituents is 1. The van der Waals surface area contributed by atoms with E-state index in [2.05, 4.69) is 4.98 Å². The van der Waals surface area contributed by atoms with Crippen molar-refractivity contribution < 1.29 is 10.0 Å². The van der Waals surface area contributed by atoms with Crippen molar-refractivity contribution in [3.63, 3.8) is 0 Å². The number of nitro groups is 1. The molecule has 3 aromatic rings. The summed E-state index contributed by atoms with van der Waals surface area (Å²) in [4.78, 5) is 16.6. The lowest BCUT2D eigenvalue weighted by atomic mass is 10.1. The molecule has 0 bridgehead atoms. The molecule has 0 aliphatic rings. The molecule has 1 N–H and O–H groups in total. The Balaban J connectivity index is 2.09. The first-order chi connectivity index (χ1) is 10.1. The molecule has 0 aliphatic heterocycles. The molecule has 104 valence electrons. The number of pyridine rings is 1. The topological polar surface area (TPSA) is 76.3 Å². The van der Waals surface area contributed by atoms with Crippen LogP contribution in [0.5, 0.6) is 5.75 Å². The van der Waals surface area contributed by atoms with E-state index in [4.69, 9.17) is 0 Å². The van der Waals surface area contributed by atoms with E-state index in [1.165, 1.54) is 17.8 Å². The second kappa shape index (κ2) is 5.41. The monoisotopic (exact) mass is 298 g/mol. The molecule has 0 saturated heterocycles. The van der Waals surface area contributed by atoms with E-state index in [1.54, 1.807) is 48.8 Å². The smallest absolute Gasteiger partial charge is 0.277 e. The fraction of sp³-hybridized carbons (Fsp3) is 0. The highest BCUT2D eigenvalue weighted by Crippen LogP contribution is 2.37. The third kappa shape index (κ3) is 2.66. The molecule has 0 unspecified atom stereocenters. The SMILES string of the molecule is O=[N+]([O-])c1ccc(Sc2ccc(O)cc2)c2cnccc12. The molecule has 3 rings (SSSR count). The van der Waals surface area contributed by atoms with Gasteiger partial charge < -0.3 is 5.11 Å². The molecule has 0 fully saturated rings. The van der Waals surface area contributed by atoms with E-state index in [0.29, 0.717) is 5.39 Å². The van der Waals surface area contributed by atoms with Crippen LogP contribution in [0.3, 0.4) is 0 Å². The van der Waals surface area contributed by atoms with Gasteiger partial charge in [0.2, 0.25) is 0 Å². The van der Waals surface area contributed by atoms with Crippen LogP contribution in [0.1, 0.15) is 0 Å². The van der Waals surface area contributed by atoms with Crippen molar-refractivity contribution in [1.82, 2.24) is 4.98 Å². The summed E-state index contributed by atoms with van der Waals surface area (Å²) in [5.74, 6) is 0.203. The summed E-state index contributed by atoms with van der Waals surface area (Å²) < 4.78 is 0. The zero-order chi connectivity index (χ0) is 14.8. The molecule has 0 amide bonds. The van der Waals surface area contributed by atoms with Crippen LogP contribution in [-0.4, -0.2) is 15.0 Å². The number of fused-ring (bicyclic) bond motifs is 1. The number of non-ortho nitro benzene ring substituents is 1. The molecule has 5 nitrogen and oxygen atoms in total. The Hall–Kier alpha value is -2.60. The fourth-order valence-corrected chi connectivity index (χ4v) is 2.97. The maximum absolute atomic E-state index is 11.1. The molecule has 0 atom stereocenters. The van der Waals surface area contributed by atoms with Crippen molar-refractivity contribution in [2.45, 2.75) is 9.79 Å². The summed E-state index contributed by atoms with van der Waals surface area (Å²) in [7, 11) is 0. The van der Waals surface area contributed by atoms with Gasteiger partial charge in [0.15, 0.2) is 0 Å². The second-order valence-corrected chi connectivity index (χ2v) is 5.47. The van der Waals surface area contributed by atoms with Gasteiger partial charge in [0.1, 0.15) is 5.75 Å². The fourth-order valence-electron chi connectivity index (χ4n) is 2.04. The molecular formula is C15H10N2O3S. The van der Waals surface area contributed by atoms with Gasteiger partial charge in [-0.3, -0.25) is 15.1 Å². The summed E-state index contributed by atoms with van der Waals surface area (Å²) >= 11 is 1.47. The van der Waals surface area contributed by atoms with E-state index in [0.717, 1.165) is 15.2 Å². The van der Waals surface area contributed by atoms with Gasteiger partial charge in [-0.1, -0.05) is 11.8 Å². The number of nitro benzene ring substituents is 1. The molecule has 2 aromatic carbocycles. The zero-order valence-corrected chi connectivity index (χ0v) is 11.6. The Kier molecular flexibility index (Phi) is 3.45. The number of hydrogen-bond donors (Lipinski definition) is 1. The molecule has 0 saturated carbocycles. The van der Waals surface area contributed by atoms with Crippen molar-refractivity contribution in [2.75, 3.05) is 0 Å². The van der Waals surface area contributed by atoms with Crippen LogP contribution in [0, 0.1) is 10.1 Å². The minimum atomic E-state index is -0.392. The number of benzene rings is 2. The molecule has 1 heterocycles. The molecule has 0 spiro atoms. The molecular weight excluding hydrogens is 288 g/mol. The van der Waals surface area contributed by atoms with Gasteiger partial charge in [-0.25, -0.2) is 0 Å². The van der Waals surface area contributed by atoms with E-state index >= 15 is 0 Å². The Morgan fingerprint density at radius 3 is 2.52 bits per heavy atom. The van der Waals surface area contributed by atoms with E-state index in [-0.39, 0.29) is 11.4 Å². The first kappa shape index (κ1) is 13.4. The van der Waals surface area contributed by atoms with E-state index in [1.807, 2.05) is 0 Å². The van der Waals surface area contributed by atoms with Crippen LogP contribution < -0.4 is 0 Å². The van der Waals surface area contributed by atoms with Crippen LogP contribution in [-0.2, 0) is 0 Å². The Labute approximate surface area is 124 Å². The number of phenols is 1. The lowest BCUT2D eigenvalue weighted by molar-refractivity contribution is -0.383. The highest BCUT2D eigenvalue weighted by molar-refractivity contribution is 7.99. The molecule has 1 aromatic heterocycles. The number of hydrogen-bond acceptors (Lipinski definition) is 5. The molecule has 0 aliphatic carbocycles. The van der Waals surface area contributed by atoms with Gasteiger partial charge in [-0.05, 0) is 36.4 Å². The van der Waals surface area contributed by atoms with Gasteiger partial charge in [0, 0.05) is 33.6 Å². The van der Waals surface area contributed by atoms with Gasteiger partial charge in [0.05, 0.1) is 10.3 Å². The van der Waals surface area contributed by atoms with Crippen LogP contribution >= 0.6 is 11.8 Å². The third-order valence-electron chi connectivity index (χ3n) is 3.02. The normalized spacial score (nSPS) is 10.7. The van der Waals surface area contributed by atoms with Crippen LogP contribution in [0.4, 0.5) is 5.69 Å². The highest BCUT2D eigenvalue weighted by atomic mass is 32.2. The number of rotatable bonds is 3. The van der Waals surface area contributed by atoms with Crippen molar-refractivity contribution in [2.24, 2.45) is 0 Å². The summed E-state index contributed by atoms with van der Waals surface area (Å²) in [6.45, 7) is 0. The number of aromatic nitrogens is 1. The molecule has 21 heavy (non-hydrogen) atoms. The highest BCUT2D eigenvalue weighted by Gasteiger charge is 2.14. The van der Waals surface area contributed by atoms with E-state index < -0.39 is 4.92 Å². The van der Waals surface area contributed by atoms with Gasteiger partial charge in [-0.15, -0.1) is 0 Å². The largest absolute Gasteiger partial charge is 0.508 e. The molecule has 6 heteroatoms. The first-order valence-corrected chi connectivity index (χ1v) is 6.95. The lowest BCUT2D eigenvalue weighted by Crippen LogP contribution is -1.91. The maximum atomic E-state index is 11.1. The number of aromatic hydroxyl groups is 1. The van der Waals surface area contributed by atoms with Crippen molar-refractivity contribution in [1.29, 1.82) is 0 Å². The second-order valence-electron chi connectivity index (χ2n) is 4.36. The summed E-state index contributed by atoms with van der Waals surface area (Å²) in [6, 6.07) is 11.7. The van der Waals surface area contributed by atoms with Gasteiger partial charge >= 0.3 is 0 Å². The van der Waals surface area contributed by atoms with Gasteiger partial charge in [-0.2, -0.15) is 0 Å². The summed E-state index contributed by atoms with van der Waals surface area (Å²) in [5, 5.41) is 21.7. The lowest BCUT2D eigenvalue weighted by Gasteiger charge is -2.06. The molecule has 0 radical (unpaired) electrons. The van der Waals surface area contributed by atoms with Crippen LogP contribution in [0.25, 0.3) is 10.8 Å². The predicted molar refractivity (Wildman–Crippen MR) is 80.6 cm³/mol. The van der Waals surface area contributed by atoms with Crippen LogP contribution in [0.15, 0.2) is 64.6 Å². The van der Waals surface area contributed by atoms with Crippen molar-refractivity contribution >= 4 is 28.2 Å². The van der Waals surface area contributed by atoms with Crippen LogP contribution in [0.2, 0.25) is 0 Å². The standard InChI is InChI=1S/C15H10N2O3S/c18-10-1-3-11(4-2-10)21-15-6-5-14(17(19)20)12-7-8-16-9-13(12)15/h1-9,18H. The average molecular weight is 298 g/mol. The zero-order valence-electron chi connectivity index (χ0n) is 10.8. The summed E-state index contributed by atoms with van der Waals surface area (Å²) in [6.07, 6.45) is 3.18. The third-order valence-corrected chi connectivity index (χ3v) is 4.10. The first-order valence-electron chi connectivity index (χ1n) is 6.13. The quantitative estimate of drug-likeness (QED) is 0.584. The minimum Gasteiger partial charge on any atom is -0.508 e. The van der Waals surface area contributed by atoms with Crippen molar-refractivity contribution in [3.8, 4) is 5.75 Å². The predicted octanol–water partition coefficient (Wildman–Crippen LogP) is 4.00. The summed E-state index contributed by atoms with van der Waals surface area (Å²) in [5.41, 5.74) is 0.0717. The van der Waals surface area contributed by atoms with E-state index in [9.17, 15) is 15.2 Å². The Bertz CT molecular complexity index is 819. The minimum absolute atomic E-state index is 0.0717. The Morgan fingerprint density at radius 1 is 1.05 bits per heavy atom. The Morgan fingerprint density at radius 2 is 1.81 bits per heavy atom. The maximum Gasteiger partial charge on any atom is 0.277 e.